The number of hydrogen-bond acceptors (Lipinski definition) is 5. The number of hydrogen-bond donors (Lipinski definition) is 1. The quantitative estimate of drug-likeness (QED) is 0.277. The third-order valence-electron chi connectivity index (χ3n) is 5.54. The van der Waals surface area contributed by atoms with Gasteiger partial charge in [-0.15, -0.1) is 10.2 Å². The van der Waals surface area contributed by atoms with Crippen molar-refractivity contribution in [2.24, 2.45) is 0 Å². The van der Waals surface area contributed by atoms with Gasteiger partial charge in [0.05, 0.1) is 11.4 Å². The number of para-hydroxylation sites is 1. The lowest BCUT2D eigenvalue weighted by molar-refractivity contribution is -0.113. The van der Waals surface area contributed by atoms with Gasteiger partial charge in [0.25, 0.3) is 0 Å². The SMILES string of the molecule is CC(C)c1ccccc1-n1c(SCC(=O)Nc2ccc(N(C)C)cc2)nnc1-c1ccc(Cl)cc1. The number of thioether (sulfide) groups is 1. The molecule has 1 N–H and O–H groups in total. The van der Waals surface area contributed by atoms with E-state index in [1.165, 1.54) is 17.3 Å². The number of aromatic nitrogens is 3. The molecule has 6 nitrogen and oxygen atoms in total. The molecule has 4 aromatic rings. The van der Waals surface area contributed by atoms with Gasteiger partial charge in [0.1, 0.15) is 0 Å². The van der Waals surface area contributed by atoms with E-state index in [0.29, 0.717) is 21.9 Å². The molecule has 0 saturated carbocycles. The summed E-state index contributed by atoms with van der Waals surface area (Å²) in [5, 5.41) is 13.2. The van der Waals surface area contributed by atoms with Crippen LogP contribution in [0.25, 0.3) is 17.1 Å². The maximum absolute atomic E-state index is 12.7. The van der Waals surface area contributed by atoms with Gasteiger partial charge in [-0.25, -0.2) is 0 Å². The van der Waals surface area contributed by atoms with E-state index in [0.717, 1.165) is 22.6 Å². The summed E-state index contributed by atoms with van der Waals surface area (Å²) in [6, 6.07) is 23.5. The summed E-state index contributed by atoms with van der Waals surface area (Å²) < 4.78 is 2.03. The molecule has 0 aliphatic heterocycles. The van der Waals surface area contributed by atoms with Crippen LogP contribution in [0.1, 0.15) is 25.3 Å². The summed E-state index contributed by atoms with van der Waals surface area (Å²) in [6.45, 7) is 4.32. The standard InChI is InChI=1S/C27H28ClN5OS/c1-18(2)23-7-5-6-8-24(23)33-26(19-9-11-20(28)12-10-19)30-31-27(33)35-17-25(34)29-21-13-15-22(16-14-21)32(3)4/h5-16,18H,17H2,1-4H3,(H,29,34). The minimum atomic E-state index is -0.104. The number of nitrogens with one attached hydrogen (secondary N) is 1. The number of halogens is 1. The van der Waals surface area contributed by atoms with E-state index < -0.39 is 0 Å². The minimum absolute atomic E-state index is 0.104. The highest BCUT2D eigenvalue weighted by molar-refractivity contribution is 7.99. The van der Waals surface area contributed by atoms with Gasteiger partial charge >= 0.3 is 0 Å². The highest BCUT2D eigenvalue weighted by Gasteiger charge is 2.20. The lowest BCUT2D eigenvalue weighted by Crippen LogP contribution is -2.15. The molecule has 0 bridgehead atoms. The molecule has 0 saturated heterocycles. The number of anilines is 2. The van der Waals surface area contributed by atoms with Crippen LogP contribution in [-0.4, -0.2) is 40.5 Å². The van der Waals surface area contributed by atoms with Crippen LogP contribution < -0.4 is 10.2 Å². The van der Waals surface area contributed by atoms with Gasteiger partial charge in [-0.3, -0.25) is 9.36 Å². The molecule has 0 aliphatic carbocycles. The van der Waals surface area contributed by atoms with E-state index in [9.17, 15) is 4.79 Å². The van der Waals surface area contributed by atoms with Gasteiger partial charge in [-0.1, -0.05) is 55.4 Å². The molecule has 0 unspecified atom stereocenters. The van der Waals surface area contributed by atoms with E-state index in [1.54, 1.807) is 0 Å². The average Bonchev–Trinajstić information content (AvgIpc) is 3.27. The zero-order valence-electron chi connectivity index (χ0n) is 20.2. The van der Waals surface area contributed by atoms with Crippen molar-refractivity contribution in [3.05, 3.63) is 83.4 Å². The molecule has 0 atom stereocenters. The predicted molar refractivity (Wildman–Crippen MR) is 146 cm³/mol. The Morgan fingerprint density at radius 1 is 1.00 bits per heavy atom. The number of benzene rings is 3. The molecule has 4 rings (SSSR count). The Kier molecular flexibility index (Phi) is 7.78. The van der Waals surface area contributed by atoms with E-state index in [4.69, 9.17) is 11.6 Å². The van der Waals surface area contributed by atoms with Crippen LogP contribution in [0, 0.1) is 0 Å². The third kappa shape index (κ3) is 5.86. The van der Waals surface area contributed by atoms with E-state index >= 15 is 0 Å². The first-order valence-electron chi connectivity index (χ1n) is 11.3. The van der Waals surface area contributed by atoms with Crippen molar-refractivity contribution in [2.45, 2.75) is 24.9 Å². The summed E-state index contributed by atoms with van der Waals surface area (Å²) in [7, 11) is 3.96. The van der Waals surface area contributed by atoms with Crippen LogP contribution in [0.15, 0.2) is 78.0 Å². The van der Waals surface area contributed by atoms with E-state index in [-0.39, 0.29) is 11.7 Å². The van der Waals surface area contributed by atoms with Crippen LogP contribution >= 0.6 is 23.4 Å². The fourth-order valence-electron chi connectivity index (χ4n) is 3.72. The summed E-state index contributed by atoms with van der Waals surface area (Å²) in [5.74, 6) is 1.11. The Morgan fingerprint density at radius 3 is 2.34 bits per heavy atom. The Bertz CT molecular complexity index is 1300. The maximum Gasteiger partial charge on any atom is 0.234 e. The molecule has 8 heteroatoms. The van der Waals surface area contributed by atoms with Gasteiger partial charge in [0.15, 0.2) is 11.0 Å². The third-order valence-corrected chi connectivity index (χ3v) is 6.72. The van der Waals surface area contributed by atoms with E-state index in [2.05, 4.69) is 41.5 Å². The fraction of sp³-hybridized carbons (Fsp3) is 0.222. The zero-order chi connectivity index (χ0) is 24.9. The Labute approximate surface area is 215 Å². The number of rotatable bonds is 8. The van der Waals surface area contributed by atoms with Gasteiger partial charge in [-0.05, 0) is 66.1 Å². The number of amides is 1. The Hall–Kier alpha value is -3.29. The monoisotopic (exact) mass is 505 g/mol. The second-order valence-corrected chi connectivity index (χ2v) is 10.0. The largest absolute Gasteiger partial charge is 0.378 e. The molecule has 3 aromatic carbocycles. The second kappa shape index (κ2) is 11.0. The molecule has 1 aromatic heterocycles. The van der Waals surface area contributed by atoms with Crippen LogP contribution in [0.3, 0.4) is 0 Å². The molecule has 1 heterocycles. The summed E-state index contributed by atoms with van der Waals surface area (Å²) in [5.41, 5.74) is 4.91. The normalized spacial score (nSPS) is 11.0. The molecule has 1 amide bonds. The number of carbonyl (C=O) groups is 1. The molecule has 180 valence electrons. The first kappa shape index (κ1) is 24.8. The summed E-state index contributed by atoms with van der Waals surface area (Å²) in [6.07, 6.45) is 0. The molecule has 0 aliphatic rings. The molecule has 0 fully saturated rings. The van der Waals surface area contributed by atoms with Crippen LogP contribution in [0.4, 0.5) is 11.4 Å². The smallest absolute Gasteiger partial charge is 0.234 e. The summed E-state index contributed by atoms with van der Waals surface area (Å²) >= 11 is 7.47. The van der Waals surface area contributed by atoms with Crippen molar-refractivity contribution in [2.75, 3.05) is 30.1 Å². The first-order chi connectivity index (χ1) is 16.8. The first-order valence-corrected chi connectivity index (χ1v) is 12.7. The average molecular weight is 506 g/mol. The summed E-state index contributed by atoms with van der Waals surface area (Å²) in [4.78, 5) is 14.7. The molecular weight excluding hydrogens is 478 g/mol. The van der Waals surface area contributed by atoms with Crippen molar-refractivity contribution in [3.63, 3.8) is 0 Å². The minimum Gasteiger partial charge on any atom is -0.378 e. The number of carbonyl (C=O) groups excluding carboxylic acids is 1. The van der Waals surface area contributed by atoms with Crippen LogP contribution in [0.5, 0.6) is 0 Å². The second-order valence-electron chi connectivity index (χ2n) is 8.64. The predicted octanol–water partition coefficient (Wildman–Crippen LogP) is 6.51. The fourth-order valence-corrected chi connectivity index (χ4v) is 4.59. The lowest BCUT2D eigenvalue weighted by atomic mass is 10.0. The van der Waals surface area contributed by atoms with Crippen molar-refractivity contribution in [3.8, 4) is 17.1 Å². The zero-order valence-corrected chi connectivity index (χ0v) is 21.8. The molecular formula is C27H28ClN5OS. The van der Waals surface area contributed by atoms with E-state index in [1.807, 2.05) is 84.2 Å². The molecule has 35 heavy (non-hydrogen) atoms. The Balaban J connectivity index is 1.61. The van der Waals surface area contributed by atoms with Crippen LogP contribution in [-0.2, 0) is 4.79 Å². The van der Waals surface area contributed by atoms with Gasteiger partial charge in [0, 0.05) is 36.1 Å². The molecule has 0 spiro atoms. The maximum atomic E-state index is 12.7. The molecule has 0 radical (unpaired) electrons. The Morgan fingerprint density at radius 2 is 1.69 bits per heavy atom. The van der Waals surface area contributed by atoms with Gasteiger partial charge < -0.3 is 10.2 Å². The van der Waals surface area contributed by atoms with Gasteiger partial charge in [-0.2, -0.15) is 0 Å². The highest BCUT2D eigenvalue weighted by atomic mass is 35.5. The van der Waals surface area contributed by atoms with Crippen molar-refractivity contribution >= 4 is 40.6 Å². The number of nitrogens with zero attached hydrogens (tertiary/aromatic N) is 4. The lowest BCUT2D eigenvalue weighted by Gasteiger charge is -2.17. The van der Waals surface area contributed by atoms with Crippen molar-refractivity contribution in [1.29, 1.82) is 0 Å². The topological polar surface area (TPSA) is 63.1 Å². The van der Waals surface area contributed by atoms with Crippen molar-refractivity contribution in [1.82, 2.24) is 14.8 Å². The highest BCUT2D eigenvalue weighted by Crippen LogP contribution is 2.32. The van der Waals surface area contributed by atoms with Gasteiger partial charge in [0.2, 0.25) is 5.91 Å². The van der Waals surface area contributed by atoms with Crippen molar-refractivity contribution < 1.29 is 4.79 Å². The van der Waals surface area contributed by atoms with Crippen LogP contribution in [0.2, 0.25) is 5.02 Å².